The molecule has 0 saturated carbocycles. The summed E-state index contributed by atoms with van der Waals surface area (Å²) in [5, 5.41) is 11.2. The van der Waals surface area contributed by atoms with Gasteiger partial charge in [-0.2, -0.15) is 13.2 Å². The van der Waals surface area contributed by atoms with E-state index in [2.05, 4.69) is 25.5 Å². The van der Waals surface area contributed by atoms with Gasteiger partial charge in [-0.05, 0) is 24.3 Å². The quantitative estimate of drug-likeness (QED) is 0.399. The number of nitrogens with zero attached hydrogens (tertiary/aromatic N) is 6. The molecule has 0 spiro atoms. The first-order valence-corrected chi connectivity index (χ1v) is 10.3. The molecule has 8 nitrogen and oxygen atoms in total. The normalized spacial score (nSPS) is 13.4. The lowest BCUT2D eigenvalue weighted by Crippen LogP contribution is -2.12. The molecule has 1 aliphatic rings. The first-order chi connectivity index (χ1) is 16.4. The first-order valence-electron chi connectivity index (χ1n) is 10.3. The summed E-state index contributed by atoms with van der Waals surface area (Å²) in [6.45, 7) is 0.659. The number of benzene rings is 1. The summed E-state index contributed by atoms with van der Waals surface area (Å²) < 4.78 is 62.7. The monoisotopic (exact) mass is 469 g/mol. The van der Waals surface area contributed by atoms with Gasteiger partial charge in [0.05, 0.1) is 6.61 Å². The third-order valence-corrected chi connectivity index (χ3v) is 5.83. The maximum absolute atomic E-state index is 14.5. The molecule has 0 radical (unpaired) electrons. The summed E-state index contributed by atoms with van der Waals surface area (Å²) in [6, 6.07) is 5.32. The number of fused-ring (bicyclic) bond motifs is 3. The second-order valence-corrected chi connectivity index (χ2v) is 7.73. The van der Waals surface area contributed by atoms with E-state index in [-0.39, 0.29) is 18.0 Å². The summed E-state index contributed by atoms with van der Waals surface area (Å²) in [4.78, 5) is 8.53. The van der Waals surface area contributed by atoms with Crippen LogP contribution in [0.25, 0.3) is 22.4 Å². The molecule has 4 aromatic heterocycles. The lowest BCUT2D eigenvalue weighted by atomic mass is 10.0. The average molecular weight is 469 g/mol. The Morgan fingerprint density at radius 1 is 1.03 bits per heavy atom. The second kappa shape index (κ2) is 7.40. The minimum absolute atomic E-state index is 0.115. The first kappa shape index (κ1) is 20.4. The Balaban J connectivity index is 1.40. The van der Waals surface area contributed by atoms with Crippen LogP contribution >= 0.6 is 0 Å². The Hall–Kier alpha value is -4.22. The second-order valence-electron chi connectivity index (χ2n) is 7.73. The lowest BCUT2D eigenvalue weighted by Gasteiger charge is -2.14. The van der Waals surface area contributed by atoms with E-state index in [9.17, 15) is 17.6 Å². The predicted molar refractivity (Wildman–Crippen MR) is 113 cm³/mol. The van der Waals surface area contributed by atoms with Crippen LogP contribution in [0.3, 0.4) is 0 Å². The molecule has 0 atom stereocenters. The van der Waals surface area contributed by atoms with Gasteiger partial charge in [-0.3, -0.25) is 8.80 Å². The van der Waals surface area contributed by atoms with Crippen LogP contribution in [0.2, 0.25) is 0 Å². The molecule has 0 bridgehead atoms. The van der Waals surface area contributed by atoms with Crippen molar-refractivity contribution in [3.8, 4) is 16.9 Å². The van der Waals surface area contributed by atoms with Crippen molar-refractivity contribution in [3.05, 3.63) is 71.8 Å². The summed E-state index contributed by atoms with van der Waals surface area (Å²) in [5.41, 5.74) is 1.81. The number of anilines is 1. The third kappa shape index (κ3) is 3.13. The minimum atomic E-state index is -4.54. The van der Waals surface area contributed by atoms with Gasteiger partial charge in [0.2, 0.25) is 5.95 Å². The van der Waals surface area contributed by atoms with Gasteiger partial charge in [0, 0.05) is 53.8 Å². The van der Waals surface area contributed by atoms with Crippen LogP contribution < -0.4 is 10.1 Å². The maximum Gasteiger partial charge on any atom is 0.431 e. The highest BCUT2D eigenvalue weighted by molar-refractivity contribution is 5.86. The van der Waals surface area contributed by atoms with Gasteiger partial charge in [-0.25, -0.2) is 14.4 Å². The molecule has 0 amide bonds. The van der Waals surface area contributed by atoms with E-state index in [0.29, 0.717) is 47.1 Å². The summed E-state index contributed by atoms with van der Waals surface area (Å²) in [5.74, 6) is 0.674. The highest BCUT2D eigenvalue weighted by atomic mass is 19.4. The van der Waals surface area contributed by atoms with Gasteiger partial charge in [0.1, 0.15) is 29.2 Å². The van der Waals surface area contributed by atoms with Crippen LogP contribution in [0.4, 0.5) is 23.5 Å². The van der Waals surface area contributed by atoms with Gasteiger partial charge in [0.25, 0.3) is 0 Å². The molecule has 1 aromatic carbocycles. The number of halogens is 4. The van der Waals surface area contributed by atoms with Gasteiger partial charge in [-0.15, -0.1) is 10.2 Å². The smallest absolute Gasteiger partial charge is 0.431 e. The van der Waals surface area contributed by atoms with Crippen molar-refractivity contribution in [1.29, 1.82) is 0 Å². The van der Waals surface area contributed by atoms with Crippen LogP contribution in [0.15, 0.2) is 49.2 Å². The number of alkyl halides is 3. The van der Waals surface area contributed by atoms with Crippen LogP contribution in [-0.4, -0.2) is 35.6 Å². The SMILES string of the molecule is Fc1ccc2c(c1CNc1ncc(-c3ccc(C(F)(F)F)n4ccnc34)c3nncn13)CCO2. The van der Waals surface area contributed by atoms with Crippen LogP contribution in [0, 0.1) is 5.82 Å². The van der Waals surface area contributed by atoms with E-state index in [1.165, 1.54) is 37.1 Å². The zero-order chi connectivity index (χ0) is 23.4. The molecule has 172 valence electrons. The fourth-order valence-electron chi connectivity index (χ4n) is 4.27. The number of hydrogen-bond donors (Lipinski definition) is 1. The largest absolute Gasteiger partial charge is 0.493 e. The van der Waals surface area contributed by atoms with Gasteiger partial charge in [-0.1, -0.05) is 0 Å². The zero-order valence-corrected chi connectivity index (χ0v) is 17.3. The minimum Gasteiger partial charge on any atom is -0.493 e. The molecular formula is C22H15F4N7O. The van der Waals surface area contributed by atoms with Crippen LogP contribution in [0.1, 0.15) is 16.8 Å². The van der Waals surface area contributed by atoms with Crippen molar-refractivity contribution >= 4 is 17.2 Å². The Kier molecular flexibility index (Phi) is 4.44. The fraction of sp³-hybridized carbons (Fsp3) is 0.182. The van der Waals surface area contributed by atoms with Gasteiger partial charge >= 0.3 is 6.18 Å². The molecular weight excluding hydrogens is 454 g/mol. The van der Waals surface area contributed by atoms with Gasteiger partial charge in [0.15, 0.2) is 5.65 Å². The van der Waals surface area contributed by atoms with E-state index in [1.807, 2.05) is 0 Å². The van der Waals surface area contributed by atoms with E-state index in [4.69, 9.17) is 4.74 Å². The number of nitrogens with one attached hydrogen (secondary N) is 1. The Bertz CT molecular complexity index is 1560. The van der Waals surface area contributed by atoms with Crippen molar-refractivity contribution in [2.24, 2.45) is 0 Å². The summed E-state index contributed by atoms with van der Waals surface area (Å²) in [6.07, 6.45) is 1.55. The number of aromatic nitrogens is 6. The molecule has 6 rings (SSSR count). The number of imidazole rings is 1. The fourth-order valence-corrected chi connectivity index (χ4v) is 4.27. The molecule has 0 unspecified atom stereocenters. The topological polar surface area (TPSA) is 81.6 Å². The Morgan fingerprint density at radius 3 is 2.76 bits per heavy atom. The highest BCUT2D eigenvalue weighted by Gasteiger charge is 2.34. The maximum atomic E-state index is 14.5. The molecule has 5 aromatic rings. The van der Waals surface area contributed by atoms with Crippen molar-refractivity contribution < 1.29 is 22.3 Å². The third-order valence-electron chi connectivity index (χ3n) is 5.83. The molecule has 5 heterocycles. The highest BCUT2D eigenvalue weighted by Crippen LogP contribution is 2.35. The Labute approximate surface area is 188 Å². The van der Waals surface area contributed by atoms with E-state index >= 15 is 0 Å². The molecule has 12 heteroatoms. The van der Waals surface area contributed by atoms with Crippen molar-refractivity contribution in [3.63, 3.8) is 0 Å². The molecule has 0 aliphatic carbocycles. The molecule has 34 heavy (non-hydrogen) atoms. The molecule has 1 aliphatic heterocycles. The number of ether oxygens (including phenoxy) is 1. The summed E-state index contributed by atoms with van der Waals surface area (Å²) in [7, 11) is 0. The molecule has 0 saturated heterocycles. The average Bonchev–Trinajstić information content (AvgIpc) is 3.57. The van der Waals surface area contributed by atoms with Crippen LogP contribution in [0.5, 0.6) is 5.75 Å². The lowest BCUT2D eigenvalue weighted by molar-refractivity contribution is -0.142. The van der Waals surface area contributed by atoms with E-state index in [1.54, 1.807) is 10.5 Å². The molecule has 0 fully saturated rings. The van der Waals surface area contributed by atoms with Crippen molar-refractivity contribution in [1.82, 2.24) is 29.0 Å². The number of hydrogen-bond acceptors (Lipinski definition) is 6. The standard InChI is InChI=1S/C22H15F4N7O/c23-16-2-3-17-12(5-8-34-17)14(16)9-28-21-29-10-15(20-31-30-11-33(20)21)13-1-4-18(22(24,25)26)32-7-6-27-19(13)32/h1-4,6-7,10-11H,5,8-9H2,(H,28,29). The number of rotatable bonds is 4. The summed E-state index contributed by atoms with van der Waals surface area (Å²) >= 11 is 0. The Morgan fingerprint density at radius 2 is 1.91 bits per heavy atom. The zero-order valence-electron chi connectivity index (χ0n) is 17.3. The predicted octanol–water partition coefficient (Wildman–Crippen LogP) is 4.14. The van der Waals surface area contributed by atoms with Crippen molar-refractivity contribution in [2.75, 3.05) is 11.9 Å². The number of pyridine rings is 1. The van der Waals surface area contributed by atoms with E-state index < -0.39 is 11.9 Å². The van der Waals surface area contributed by atoms with E-state index in [0.717, 1.165) is 16.0 Å². The van der Waals surface area contributed by atoms with Crippen LogP contribution in [-0.2, 0) is 19.1 Å². The van der Waals surface area contributed by atoms with Crippen molar-refractivity contribution in [2.45, 2.75) is 19.1 Å². The molecule has 1 N–H and O–H groups in total. The van der Waals surface area contributed by atoms with Gasteiger partial charge < -0.3 is 10.1 Å².